The van der Waals surface area contributed by atoms with Crippen molar-refractivity contribution < 1.29 is 4.39 Å². The van der Waals surface area contributed by atoms with Crippen LogP contribution in [0.2, 0.25) is 0 Å². The number of benzene rings is 1. The van der Waals surface area contributed by atoms with E-state index in [0.717, 1.165) is 31.7 Å². The largest absolute Gasteiger partial charge is 0.314 e. The SMILES string of the molecule is Cc1c(F)cccc1[C@@H](C1CCCC1)N1CCNCC1.Cl. The summed E-state index contributed by atoms with van der Waals surface area (Å²) in [6, 6.07) is 6.02. The molecule has 1 atom stereocenters. The molecule has 0 bridgehead atoms. The Morgan fingerprint density at radius 3 is 2.52 bits per heavy atom. The summed E-state index contributed by atoms with van der Waals surface area (Å²) >= 11 is 0. The van der Waals surface area contributed by atoms with E-state index in [1.807, 2.05) is 13.0 Å². The third-order valence-electron chi connectivity index (χ3n) is 5.02. The van der Waals surface area contributed by atoms with Gasteiger partial charge in [-0.15, -0.1) is 12.4 Å². The lowest BCUT2D eigenvalue weighted by Crippen LogP contribution is -2.46. The van der Waals surface area contributed by atoms with Crippen LogP contribution in [-0.4, -0.2) is 31.1 Å². The van der Waals surface area contributed by atoms with Crippen molar-refractivity contribution in [1.29, 1.82) is 0 Å². The summed E-state index contributed by atoms with van der Waals surface area (Å²) in [7, 11) is 0. The minimum Gasteiger partial charge on any atom is -0.314 e. The van der Waals surface area contributed by atoms with Gasteiger partial charge in [-0.25, -0.2) is 4.39 Å². The molecule has 2 nitrogen and oxygen atoms in total. The highest BCUT2D eigenvalue weighted by molar-refractivity contribution is 5.85. The van der Waals surface area contributed by atoms with Gasteiger partial charge >= 0.3 is 0 Å². The van der Waals surface area contributed by atoms with Gasteiger partial charge in [0.25, 0.3) is 0 Å². The Hall–Kier alpha value is -0.640. The molecule has 1 N–H and O–H groups in total. The fourth-order valence-corrected chi connectivity index (χ4v) is 3.93. The Morgan fingerprint density at radius 1 is 1.19 bits per heavy atom. The predicted octanol–water partition coefficient (Wildman–Crippen LogP) is 3.69. The minimum atomic E-state index is -0.0550. The van der Waals surface area contributed by atoms with E-state index in [1.54, 1.807) is 6.07 Å². The fraction of sp³-hybridized carbons (Fsp3) is 0.647. The number of hydrogen-bond donors (Lipinski definition) is 1. The first-order valence-corrected chi connectivity index (χ1v) is 7.97. The van der Waals surface area contributed by atoms with Crippen LogP contribution in [0.4, 0.5) is 4.39 Å². The number of rotatable bonds is 3. The Morgan fingerprint density at radius 2 is 1.86 bits per heavy atom. The van der Waals surface area contributed by atoms with Crippen molar-refractivity contribution in [1.82, 2.24) is 10.2 Å². The first kappa shape index (κ1) is 16.7. The highest BCUT2D eigenvalue weighted by Gasteiger charge is 2.32. The molecule has 1 saturated carbocycles. The lowest BCUT2D eigenvalue weighted by molar-refractivity contribution is 0.125. The maximum absolute atomic E-state index is 14.0. The van der Waals surface area contributed by atoms with Gasteiger partial charge in [-0.1, -0.05) is 25.0 Å². The molecule has 1 saturated heterocycles. The summed E-state index contributed by atoms with van der Waals surface area (Å²) in [6.45, 7) is 6.21. The molecule has 1 aromatic carbocycles. The molecule has 0 unspecified atom stereocenters. The summed E-state index contributed by atoms with van der Waals surface area (Å²) < 4.78 is 14.0. The molecule has 0 aromatic heterocycles. The third kappa shape index (κ3) is 3.58. The normalized spacial score (nSPS) is 22.0. The Balaban J connectivity index is 0.00000161. The average Bonchev–Trinajstić information content (AvgIpc) is 2.99. The third-order valence-corrected chi connectivity index (χ3v) is 5.02. The zero-order chi connectivity index (χ0) is 13.9. The van der Waals surface area contributed by atoms with E-state index in [0.29, 0.717) is 12.0 Å². The summed E-state index contributed by atoms with van der Waals surface area (Å²) in [5, 5.41) is 3.42. The van der Waals surface area contributed by atoms with Gasteiger partial charge in [0.1, 0.15) is 5.82 Å². The zero-order valence-electron chi connectivity index (χ0n) is 12.8. The molecular weight excluding hydrogens is 287 g/mol. The summed E-state index contributed by atoms with van der Waals surface area (Å²) in [4.78, 5) is 2.58. The molecule has 2 fully saturated rings. The van der Waals surface area contributed by atoms with Crippen LogP contribution in [0.5, 0.6) is 0 Å². The van der Waals surface area contributed by atoms with E-state index in [-0.39, 0.29) is 18.2 Å². The predicted molar refractivity (Wildman–Crippen MR) is 87.5 cm³/mol. The fourth-order valence-electron chi connectivity index (χ4n) is 3.93. The second-order valence-electron chi connectivity index (χ2n) is 6.23. The van der Waals surface area contributed by atoms with Crippen LogP contribution < -0.4 is 5.32 Å². The van der Waals surface area contributed by atoms with Gasteiger partial charge in [-0.2, -0.15) is 0 Å². The van der Waals surface area contributed by atoms with Crippen LogP contribution in [0.25, 0.3) is 0 Å². The topological polar surface area (TPSA) is 15.3 Å². The van der Waals surface area contributed by atoms with Crippen LogP contribution in [-0.2, 0) is 0 Å². The molecule has 4 heteroatoms. The monoisotopic (exact) mass is 312 g/mol. The maximum atomic E-state index is 14.0. The lowest BCUT2D eigenvalue weighted by atomic mass is 9.87. The van der Waals surface area contributed by atoms with Gasteiger partial charge in [-0.3, -0.25) is 4.90 Å². The lowest BCUT2D eigenvalue weighted by Gasteiger charge is -2.39. The molecule has 1 aliphatic heterocycles. The van der Waals surface area contributed by atoms with E-state index in [2.05, 4.69) is 16.3 Å². The quantitative estimate of drug-likeness (QED) is 0.915. The molecule has 1 aliphatic carbocycles. The van der Waals surface area contributed by atoms with Gasteiger partial charge in [0, 0.05) is 32.2 Å². The van der Waals surface area contributed by atoms with E-state index in [4.69, 9.17) is 0 Å². The summed E-state index contributed by atoms with van der Waals surface area (Å²) in [6.07, 6.45) is 5.26. The van der Waals surface area contributed by atoms with Crippen molar-refractivity contribution in [3.63, 3.8) is 0 Å². The number of piperazine rings is 1. The first-order valence-electron chi connectivity index (χ1n) is 7.97. The summed E-state index contributed by atoms with van der Waals surface area (Å²) in [5.41, 5.74) is 2.07. The van der Waals surface area contributed by atoms with E-state index < -0.39 is 0 Å². The number of hydrogen-bond acceptors (Lipinski definition) is 2. The molecule has 2 aliphatic rings. The molecule has 21 heavy (non-hydrogen) atoms. The Bertz CT molecular complexity index is 454. The van der Waals surface area contributed by atoms with Gasteiger partial charge in [0.15, 0.2) is 0 Å². The minimum absolute atomic E-state index is 0. The molecule has 0 amide bonds. The number of halogens is 2. The highest BCUT2D eigenvalue weighted by Crippen LogP contribution is 2.40. The molecule has 118 valence electrons. The van der Waals surface area contributed by atoms with Crippen molar-refractivity contribution >= 4 is 12.4 Å². The van der Waals surface area contributed by atoms with E-state index in [1.165, 1.54) is 31.2 Å². The first-order chi connectivity index (χ1) is 9.77. The van der Waals surface area contributed by atoms with Crippen LogP contribution in [0.15, 0.2) is 18.2 Å². The molecule has 1 heterocycles. The van der Waals surface area contributed by atoms with Gasteiger partial charge in [0.05, 0.1) is 0 Å². The average molecular weight is 313 g/mol. The smallest absolute Gasteiger partial charge is 0.126 e. The van der Waals surface area contributed by atoms with Crippen molar-refractivity contribution in [2.24, 2.45) is 5.92 Å². The summed E-state index contributed by atoms with van der Waals surface area (Å²) in [5.74, 6) is 0.647. The van der Waals surface area contributed by atoms with E-state index >= 15 is 0 Å². The number of nitrogens with zero attached hydrogens (tertiary/aromatic N) is 1. The molecular formula is C17H26ClFN2. The molecule has 0 radical (unpaired) electrons. The number of nitrogens with one attached hydrogen (secondary N) is 1. The van der Waals surface area contributed by atoms with Crippen molar-refractivity contribution in [3.05, 3.63) is 35.1 Å². The van der Waals surface area contributed by atoms with Crippen molar-refractivity contribution in [2.45, 2.75) is 38.6 Å². The van der Waals surface area contributed by atoms with E-state index in [9.17, 15) is 4.39 Å². The van der Waals surface area contributed by atoms with Crippen LogP contribution in [0.1, 0.15) is 42.9 Å². The maximum Gasteiger partial charge on any atom is 0.126 e. The Kier molecular flexibility index (Phi) is 6.03. The van der Waals surface area contributed by atoms with Crippen molar-refractivity contribution in [3.8, 4) is 0 Å². The zero-order valence-corrected chi connectivity index (χ0v) is 13.6. The molecule has 3 rings (SSSR count). The molecule has 0 spiro atoms. The van der Waals surface area contributed by atoms with Crippen molar-refractivity contribution in [2.75, 3.05) is 26.2 Å². The highest BCUT2D eigenvalue weighted by atomic mass is 35.5. The van der Waals surface area contributed by atoms with Crippen LogP contribution in [0.3, 0.4) is 0 Å². The van der Waals surface area contributed by atoms with Crippen LogP contribution in [0, 0.1) is 18.7 Å². The standard InChI is InChI=1S/C17H25FN2.ClH/c1-13-15(7-4-8-16(13)18)17(14-5-2-3-6-14)20-11-9-19-10-12-20;/h4,7-8,14,17,19H,2-3,5-6,9-12H2,1H3;1H/t17-;/m1./s1. The molecule has 1 aromatic rings. The van der Waals surface area contributed by atoms with Gasteiger partial charge in [0.2, 0.25) is 0 Å². The Labute approximate surface area is 133 Å². The van der Waals surface area contributed by atoms with Gasteiger partial charge < -0.3 is 5.32 Å². The van der Waals surface area contributed by atoms with Crippen LogP contribution >= 0.6 is 12.4 Å². The second kappa shape index (κ2) is 7.57. The van der Waals surface area contributed by atoms with Gasteiger partial charge in [-0.05, 0) is 42.9 Å². The second-order valence-corrected chi connectivity index (χ2v) is 6.23.